The standard InChI is InChI=1S/C19H17BrClNO2S/c1-12(23)17(18(24)15-10-14(20)8-9-16(15)21)19(22-2)25-11-13-6-4-3-5-7-13/h3-10,24H,11H2,1-2H3/b18-17+,22-19+. The van der Waals surface area contributed by atoms with E-state index in [4.69, 9.17) is 11.6 Å². The minimum Gasteiger partial charge on any atom is -0.506 e. The molecule has 130 valence electrons. The lowest BCUT2D eigenvalue weighted by Crippen LogP contribution is -2.11. The second kappa shape index (κ2) is 9.22. The first kappa shape index (κ1) is 19.8. The lowest BCUT2D eigenvalue weighted by Gasteiger charge is -2.12. The lowest BCUT2D eigenvalue weighted by atomic mass is 10.1. The summed E-state index contributed by atoms with van der Waals surface area (Å²) in [5, 5.41) is 11.6. The van der Waals surface area contributed by atoms with Gasteiger partial charge in [0.1, 0.15) is 10.8 Å². The number of carbonyl (C=O) groups excluding carboxylic acids is 1. The molecule has 0 amide bonds. The van der Waals surface area contributed by atoms with E-state index >= 15 is 0 Å². The first-order valence-electron chi connectivity index (χ1n) is 7.47. The summed E-state index contributed by atoms with van der Waals surface area (Å²) in [5.41, 5.74) is 1.67. The summed E-state index contributed by atoms with van der Waals surface area (Å²) in [6.45, 7) is 1.41. The minimum atomic E-state index is -0.269. The topological polar surface area (TPSA) is 49.7 Å². The number of Topliss-reactive ketones (excluding diaryl/α,β-unsaturated/α-hetero) is 1. The van der Waals surface area contributed by atoms with E-state index in [-0.39, 0.29) is 17.1 Å². The molecule has 0 unspecified atom stereocenters. The molecule has 3 nitrogen and oxygen atoms in total. The molecule has 6 heteroatoms. The van der Waals surface area contributed by atoms with Crippen LogP contribution in [-0.2, 0) is 10.5 Å². The van der Waals surface area contributed by atoms with E-state index in [1.165, 1.54) is 18.7 Å². The predicted octanol–water partition coefficient (Wildman–Crippen LogP) is 5.92. The normalized spacial score (nSPS) is 12.7. The van der Waals surface area contributed by atoms with Gasteiger partial charge in [0, 0.05) is 22.8 Å². The highest BCUT2D eigenvalue weighted by molar-refractivity contribution is 9.10. The van der Waals surface area contributed by atoms with Gasteiger partial charge in [0.15, 0.2) is 5.78 Å². The summed E-state index contributed by atoms with van der Waals surface area (Å²) in [6.07, 6.45) is 0. The summed E-state index contributed by atoms with van der Waals surface area (Å²) in [6, 6.07) is 15.0. The van der Waals surface area contributed by atoms with Gasteiger partial charge in [-0.15, -0.1) is 11.8 Å². The Bertz CT molecular complexity index is 835. The van der Waals surface area contributed by atoms with Crippen LogP contribution in [0.25, 0.3) is 5.76 Å². The fourth-order valence-corrected chi connectivity index (χ4v) is 3.78. The van der Waals surface area contributed by atoms with Crippen LogP contribution in [0, 0.1) is 0 Å². The maximum atomic E-state index is 12.2. The first-order chi connectivity index (χ1) is 11.9. The summed E-state index contributed by atoms with van der Waals surface area (Å²) < 4.78 is 0.758. The number of carbonyl (C=O) groups is 1. The number of benzene rings is 2. The molecule has 0 heterocycles. The van der Waals surface area contributed by atoms with Crippen LogP contribution in [0.4, 0.5) is 0 Å². The Labute approximate surface area is 164 Å². The van der Waals surface area contributed by atoms with Crippen LogP contribution in [0.2, 0.25) is 5.02 Å². The van der Waals surface area contributed by atoms with Gasteiger partial charge in [-0.1, -0.05) is 57.9 Å². The largest absolute Gasteiger partial charge is 0.506 e. The summed E-state index contributed by atoms with van der Waals surface area (Å²) in [7, 11) is 1.60. The van der Waals surface area contributed by atoms with Crippen molar-refractivity contribution < 1.29 is 9.90 Å². The molecule has 0 saturated heterocycles. The third kappa shape index (κ3) is 5.21. The van der Waals surface area contributed by atoms with E-state index in [9.17, 15) is 9.90 Å². The molecule has 0 aliphatic heterocycles. The van der Waals surface area contributed by atoms with Crippen molar-refractivity contribution in [2.45, 2.75) is 12.7 Å². The first-order valence-corrected chi connectivity index (χ1v) is 9.63. The average molecular weight is 439 g/mol. The van der Waals surface area contributed by atoms with Crippen molar-refractivity contribution in [3.8, 4) is 0 Å². The van der Waals surface area contributed by atoms with Crippen LogP contribution in [0.15, 0.2) is 63.6 Å². The fraction of sp³-hybridized carbons (Fsp3) is 0.158. The van der Waals surface area contributed by atoms with Crippen molar-refractivity contribution in [3.05, 3.63) is 74.7 Å². The summed E-state index contributed by atoms with van der Waals surface area (Å²) in [4.78, 5) is 16.4. The Morgan fingerprint density at radius 3 is 2.52 bits per heavy atom. The zero-order valence-electron chi connectivity index (χ0n) is 13.8. The van der Waals surface area contributed by atoms with E-state index in [0.29, 0.717) is 21.4 Å². The van der Waals surface area contributed by atoms with Crippen LogP contribution in [0.5, 0.6) is 0 Å². The van der Waals surface area contributed by atoms with E-state index in [2.05, 4.69) is 20.9 Å². The molecule has 0 saturated carbocycles. The molecule has 0 aliphatic rings. The van der Waals surface area contributed by atoms with Gasteiger partial charge in [-0.3, -0.25) is 9.79 Å². The molecule has 0 spiro atoms. The SMILES string of the molecule is C/N=C(SCc1ccccc1)\C(C(C)=O)=C(\O)c1cc(Br)ccc1Cl. The van der Waals surface area contributed by atoms with Crippen LogP contribution in [0.3, 0.4) is 0 Å². The average Bonchev–Trinajstić information content (AvgIpc) is 2.60. The summed E-state index contributed by atoms with van der Waals surface area (Å²) >= 11 is 10.9. The van der Waals surface area contributed by atoms with Gasteiger partial charge >= 0.3 is 0 Å². The molecule has 0 atom stereocenters. The van der Waals surface area contributed by atoms with Crippen LogP contribution in [0.1, 0.15) is 18.1 Å². The highest BCUT2D eigenvalue weighted by Crippen LogP contribution is 2.31. The van der Waals surface area contributed by atoms with Crippen molar-refractivity contribution >= 4 is 55.9 Å². The van der Waals surface area contributed by atoms with Gasteiger partial charge in [0.2, 0.25) is 0 Å². The monoisotopic (exact) mass is 437 g/mol. The zero-order valence-corrected chi connectivity index (χ0v) is 17.0. The molecule has 2 rings (SSSR count). The minimum absolute atomic E-state index is 0.167. The molecule has 25 heavy (non-hydrogen) atoms. The second-order valence-electron chi connectivity index (χ2n) is 5.21. The van der Waals surface area contributed by atoms with Crippen LogP contribution < -0.4 is 0 Å². The number of halogens is 2. The maximum Gasteiger partial charge on any atom is 0.166 e. The van der Waals surface area contributed by atoms with Gasteiger partial charge in [0.25, 0.3) is 0 Å². The number of thioether (sulfide) groups is 1. The molecule has 0 fully saturated rings. The van der Waals surface area contributed by atoms with Gasteiger partial charge in [-0.2, -0.15) is 0 Å². The van der Waals surface area contributed by atoms with Crippen molar-refractivity contribution in [1.82, 2.24) is 0 Å². The van der Waals surface area contributed by atoms with Gasteiger partial charge in [-0.25, -0.2) is 0 Å². The lowest BCUT2D eigenvalue weighted by molar-refractivity contribution is -0.113. The highest BCUT2D eigenvalue weighted by atomic mass is 79.9. The molecule has 0 aliphatic carbocycles. The van der Waals surface area contributed by atoms with Crippen LogP contribution >= 0.6 is 39.3 Å². The second-order valence-corrected chi connectivity index (χ2v) is 7.49. The quantitative estimate of drug-likeness (QED) is 0.273. The number of ketones is 1. The van der Waals surface area contributed by atoms with E-state index < -0.39 is 0 Å². The molecule has 2 aromatic carbocycles. The van der Waals surface area contributed by atoms with Crippen LogP contribution in [-0.4, -0.2) is 23.0 Å². The number of nitrogens with zero attached hydrogens (tertiary/aromatic N) is 1. The molecular weight excluding hydrogens is 422 g/mol. The summed E-state index contributed by atoms with van der Waals surface area (Å²) in [5.74, 6) is 0.207. The Kier molecular flexibility index (Phi) is 7.29. The smallest absolute Gasteiger partial charge is 0.166 e. The molecule has 0 radical (unpaired) electrons. The number of aliphatic hydroxyl groups is 1. The molecule has 0 aromatic heterocycles. The number of hydrogen-bond donors (Lipinski definition) is 1. The van der Waals surface area contributed by atoms with Crippen molar-refractivity contribution in [3.63, 3.8) is 0 Å². The zero-order chi connectivity index (χ0) is 18.4. The Balaban J connectivity index is 2.40. The third-order valence-corrected chi connectivity index (χ3v) is 5.37. The molecule has 0 bridgehead atoms. The van der Waals surface area contributed by atoms with E-state index in [1.807, 2.05) is 30.3 Å². The highest BCUT2D eigenvalue weighted by Gasteiger charge is 2.21. The van der Waals surface area contributed by atoms with Gasteiger partial charge in [0.05, 0.1) is 10.6 Å². The van der Waals surface area contributed by atoms with Gasteiger partial charge in [-0.05, 0) is 30.7 Å². The van der Waals surface area contributed by atoms with Crippen molar-refractivity contribution in [2.24, 2.45) is 4.99 Å². The fourth-order valence-electron chi connectivity index (χ4n) is 2.21. The Morgan fingerprint density at radius 2 is 1.92 bits per heavy atom. The van der Waals surface area contributed by atoms with E-state index in [1.54, 1.807) is 25.2 Å². The van der Waals surface area contributed by atoms with E-state index in [0.717, 1.165) is 10.0 Å². The van der Waals surface area contributed by atoms with Crippen molar-refractivity contribution in [2.75, 3.05) is 7.05 Å². The Morgan fingerprint density at radius 1 is 1.24 bits per heavy atom. The molecule has 1 N–H and O–H groups in total. The number of aliphatic imine (C=N–C) groups is 1. The number of aliphatic hydroxyl groups excluding tert-OH is 1. The van der Waals surface area contributed by atoms with Gasteiger partial charge < -0.3 is 5.11 Å². The third-order valence-electron chi connectivity index (χ3n) is 3.41. The number of rotatable bonds is 5. The molecule has 2 aromatic rings. The molecular formula is C19H17BrClNO2S. The predicted molar refractivity (Wildman–Crippen MR) is 110 cm³/mol. The van der Waals surface area contributed by atoms with Crippen molar-refractivity contribution in [1.29, 1.82) is 0 Å². The number of hydrogen-bond acceptors (Lipinski definition) is 4. The Hall–Kier alpha value is -1.56. The maximum absolute atomic E-state index is 12.2.